The van der Waals surface area contributed by atoms with Crippen molar-refractivity contribution in [1.29, 1.82) is 0 Å². The topological polar surface area (TPSA) is 29.5 Å². The van der Waals surface area contributed by atoms with Crippen molar-refractivity contribution in [2.75, 3.05) is 19.8 Å². The van der Waals surface area contributed by atoms with Crippen molar-refractivity contribution in [3.63, 3.8) is 0 Å². The average Bonchev–Trinajstić information content (AvgIpc) is 2.29. The number of carbonyl (C=O) groups is 1. The van der Waals surface area contributed by atoms with Gasteiger partial charge in [-0.3, -0.25) is 9.69 Å². The Kier molecular flexibility index (Phi) is 6.14. The maximum Gasteiger partial charge on any atom is 0.160 e. The Morgan fingerprint density at radius 1 is 1.29 bits per heavy atom. The number of ketones is 1. The molecule has 0 radical (unpaired) electrons. The Bertz CT molecular complexity index is 238. The molecule has 1 unspecified atom stereocenters. The van der Waals surface area contributed by atoms with Crippen molar-refractivity contribution >= 4 is 5.78 Å². The molecule has 0 N–H and O–H groups in total. The normalized spacial score (nSPS) is 22.4. The fourth-order valence-electron chi connectivity index (χ4n) is 2.34. The molecule has 0 bridgehead atoms. The second-order valence-corrected chi connectivity index (χ2v) is 5.62. The van der Waals surface area contributed by atoms with Crippen LogP contribution < -0.4 is 0 Å². The van der Waals surface area contributed by atoms with Crippen LogP contribution in [0.5, 0.6) is 0 Å². The van der Waals surface area contributed by atoms with Crippen LogP contribution in [0.15, 0.2) is 0 Å². The molecule has 1 atom stereocenters. The number of ether oxygens (including phenoxy) is 1. The molecule has 0 aromatic heterocycles. The van der Waals surface area contributed by atoms with E-state index in [1.165, 1.54) is 25.8 Å². The largest absolute Gasteiger partial charge is 0.372 e. The van der Waals surface area contributed by atoms with Gasteiger partial charge in [0, 0.05) is 18.0 Å². The Morgan fingerprint density at radius 2 is 2.00 bits per heavy atom. The van der Waals surface area contributed by atoms with Gasteiger partial charge in [-0.1, -0.05) is 20.3 Å². The van der Waals surface area contributed by atoms with Crippen LogP contribution in [0.2, 0.25) is 0 Å². The molecule has 1 aliphatic heterocycles. The van der Waals surface area contributed by atoms with E-state index in [0.717, 1.165) is 0 Å². The van der Waals surface area contributed by atoms with E-state index in [4.69, 9.17) is 4.74 Å². The van der Waals surface area contributed by atoms with Crippen LogP contribution in [0, 0.1) is 5.92 Å². The van der Waals surface area contributed by atoms with Crippen LogP contribution >= 0.6 is 0 Å². The lowest BCUT2D eigenvalue weighted by molar-refractivity contribution is -0.127. The van der Waals surface area contributed by atoms with Gasteiger partial charge in [-0.05, 0) is 33.2 Å². The lowest BCUT2D eigenvalue weighted by Crippen LogP contribution is -2.46. The SMILES string of the molecule is CC(C)C(=O)COCC1CCCCN1C(C)C. The molecule has 0 aliphatic carbocycles. The van der Waals surface area contributed by atoms with E-state index < -0.39 is 0 Å². The summed E-state index contributed by atoms with van der Waals surface area (Å²) in [6.07, 6.45) is 3.78. The molecule has 1 fully saturated rings. The fraction of sp³-hybridized carbons (Fsp3) is 0.929. The van der Waals surface area contributed by atoms with Crippen molar-refractivity contribution in [2.24, 2.45) is 5.92 Å². The molecule has 3 heteroatoms. The van der Waals surface area contributed by atoms with Crippen LogP contribution in [0.1, 0.15) is 47.0 Å². The van der Waals surface area contributed by atoms with E-state index in [9.17, 15) is 4.79 Å². The zero-order chi connectivity index (χ0) is 12.8. The van der Waals surface area contributed by atoms with Gasteiger partial charge in [0.2, 0.25) is 0 Å². The van der Waals surface area contributed by atoms with Crippen molar-refractivity contribution < 1.29 is 9.53 Å². The first kappa shape index (κ1) is 14.7. The molecule has 1 aliphatic rings. The Labute approximate surface area is 106 Å². The van der Waals surface area contributed by atoms with Crippen LogP contribution in [0.3, 0.4) is 0 Å². The lowest BCUT2D eigenvalue weighted by atomic mass is 10.0. The monoisotopic (exact) mass is 241 g/mol. The van der Waals surface area contributed by atoms with Crippen LogP contribution in [0.4, 0.5) is 0 Å². The van der Waals surface area contributed by atoms with Gasteiger partial charge < -0.3 is 4.74 Å². The van der Waals surface area contributed by atoms with E-state index in [1.807, 2.05) is 13.8 Å². The van der Waals surface area contributed by atoms with E-state index in [-0.39, 0.29) is 18.3 Å². The number of hydrogen-bond donors (Lipinski definition) is 0. The molecular formula is C14H27NO2. The highest BCUT2D eigenvalue weighted by Crippen LogP contribution is 2.19. The minimum atomic E-state index is 0.0857. The first-order valence-electron chi connectivity index (χ1n) is 6.88. The zero-order valence-electron chi connectivity index (χ0n) is 11.7. The van der Waals surface area contributed by atoms with Gasteiger partial charge in [-0.25, -0.2) is 0 Å². The summed E-state index contributed by atoms with van der Waals surface area (Å²) < 4.78 is 5.59. The Balaban J connectivity index is 2.31. The van der Waals surface area contributed by atoms with Gasteiger partial charge in [0.1, 0.15) is 6.61 Å². The van der Waals surface area contributed by atoms with Crippen LogP contribution in [-0.4, -0.2) is 42.5 Å². The molecular weight excluding hydrogens is 214 g/mol. The van der Waals surface area contributed by atoms with Gasteiger partial charge in [0.25, 0.3) is 0 Å². The van der Waals surface area contributed by atoms with E-state index in [2.05, 4.69) is 18.7 Å². The molecule has 0 spiro atoms. The highest BCUT2D eigenvalue weighted by Gasteiger charge is 2.24. The smallest absolute Gasteiger partial charge is 0.160 e. The predicted molar refractivity (Wildman–Crippen MR) is 70.1 cm³/mol. The summed E-state index contributed by atoms with van der Waals surface area (Å²) in [6, 6.07) is 1.08. The first-order chi connectivity index (χ1) is 8.02. The molecule has 1 rings (SSSR count). The van der Waals surface area contributed by atoms with Gasteiger partial charge in [-0.15, -0.1) is 0 Å². The summed E-state index contributed by atoms with van der Waals surface area (Å²) in [7, 11) is 0. The quantitative estimate of drug-likeness (QED) is 0.715. The molecule has 0 amide bonds. The molecule has 0 saturated carbocycles. The second-order valence-electron chi connectivity index (χ2n) is 5.62. The van der Waals surface area contributed by atoms with Crippen molar-refractivity contribution in [3.05, 3.63) is 0 Å². The molecule has 17 heavy (non-hydrogen) atoms. The lowest BCUT2D eigenvalue weighted by Gasteiger charge is -2.38. The van der Waals surface area contributed by atoms with E-state index >= 15 is 0 Å². The highest BCUT2D eigenvalue weighted by molar-refractivity contribution is 5.81. The number of Topliss-reactive ketones (excluding diaryl/α,β-unsaturated/α-hetero) is 1. The zero-order valence-corrected chi connectivity index (χ0v) is 11.7. The maximum absolute atomic E-state index is 11.5. The van der Waals surface area contributed by atoms with Crippen LogP contribution in [-0.2, 0) is 9.53 Å². The predicted octanol–water partition coefficient (Wildman–Crippen LogP) is 2.49. The van der Waals surface area contributed by atoms with Crippen molar-refractivity contribution in [3.8, 4) is 0 Å². The number of hydrogen-bond acceptors (Lipinski definition) is 3. The summed E-state index contributed by atoms with van der Waals surface area (Å²) >= 11 is 0. The summed E-state index contributed by atoms with van der Waals surface area (Å²) in [5, 5.41) is 0. The van der Waals surface area contributed by atoms with E-state index in [1.54, 1.807) is 0 Å². The number of likely N-dealkylation sites (tertiary alicyclic amines) is 1. The third-order valence-electron chi connectivity index (χ3n) is 3.53. The number of piperidine rings is 1. The summed E-state index contributed by atoms with van der Waals surface area (Å²) in [5.74, 6) is 0.291. The third kappa shape index (κ3) is 4.76. The molecule has 100 valence electrons. The van der Waals surface area contributed by atoms with Gasteiger partial charge in [0.05, 0.1) is 6.61 Å². The summed E-state index contributed by atoms with van der Waals surface area (Å²) in [5.41, 5.74) is 0. The molecule has 0 aromatic carbocycles. The molecule has 0 aromatic rings. The standard InChI is InChI=1S/C14H27NO2/c1-11(2)14(16)10-17-9-13-7-5-6-8-15(13)12(3)4/h11-13H,5-10H2,1-4H3. The van der Waals surface area contributed by atoms with Gasteiger partial charge in [-0.2, -0.15) is 0 Å². The molecule has 1 heterocycles. The maximum atomic E-state index is 11.5. The number of carbonyl (C=O) groups excluding carboxylic acids is 1. The molecule has 3 nitrogen and oxygen atoms in total. The first-order valence-corrected chi connectivity index (χ1v) is 6.88. The van der Waals surface area contributed by atoms with Gasteiger partial charge >= 0.3 is 0 Å². The van der Waals surface area contributed by atoms with Crippen molar-refractivity contribution in [2.45, 2.75) is 59.0 Å². The Hall–Kier alpha value is -0.410. The minimum absolute atomic E-state index is 0.0857. The fourth-order valence-corrected chi connectivity index (χ4v) is 2.34. The van der Waals surface area contributed by atoms with Crippen molar-refractivity contribution in [1.82, 2.24) is 4.90 Å². The van der Waals surface area contributed by atoms with Crippen LogP contribution in [0.25, 0.3) is 0 Å². The summed E-state index contributed by atoms with van der Waals surface area (Å²) in [6.45, 7) is 10.5. The van der Waals surface area contributed by atoms with E-state index in [0.29, 0.717) is 18.7 Å². The number of nitrogens with zero attached hydrogens (tertiary/aromatic N) is 1. The van der Waals surface area contributed by atoms with Gasteiger partial charge in [0.15, 0.2) is 5.78 Å². The number of rotatable bonds is 6. The average molecular weight is 241 g/mol. The second kappa shape index (κ2) is 7.12. The molecule has 1 saturated heterocycles. The highest BCUT2D eigenvalue weighted by atomic mass is 16.5. The third-order valence-corrected chi connectivity index (χ3v) is 3.53. The summed E-state index contributed by atoms with van der Waals surface area (Å²) in [4.78, 5) is 14.0. The minimum Gasteiger partial charge on any atom is -0.372 e. The Morgan fingerprint density at radius 3 is 2.59 bits per heavy atom.